The molecular formula is C15H14ClN5O. The number of benzene rings is 1. The van der Waals surface area contributed by atoms with Crippen LogP contribution < -0.4 is 11.3 Å². The molecule has 0 radical (unpaired) electrons. The number of nitrogens with one attached hydrogen (secondary N) is 1. The van der Waals surface area contributed by atoms with Gasteiger partial charge in [0.05, 0.1) is 5.56 Å². The summed E-state index contributed by atoms with van der Waals surface area (Å²) < 4.78 is 1.39. The van der Waals surface area contributed by atoms with E-state index in [4.69, 9.17) is 17.3 Å². The lowest BCUT2D eigenvalue weighted by Gasteiger charge is -2.06. The number of nitrogen functional groups attached to an aromatic ring is 1. The fraction of sp³-hybridized carbons (Fsp3) is 0.133. The fourth-order valence-electron chi connectivity index (χ4n) is 2.33. The average molecular weight is 316 g/mol. The highest BCUT2D eigenvalue weighted by atomic mass is 35.5. The second kappa shape index (κ2) is 5.31. The van der Waals surface area contributed by atoms with Gasteiger partial charge < -0.3 is 5.73 Å². The van der Waals surface area contributed by atoms with Gasteiger partial charge in [-0.25, -0.2) is 14.6 Å². The summed E-state index contributed by atoms with van der Waals surface area (Å²) in [6.07, 6.45) is 0. The first-order valence-electron chi connectivity index (χ1n) is 6.65. The molecule has 0 spiro atoms. The van der Waals surface area contributed by atoms with Gasteiger partial charge in [-0.3, -0.25) is 9.89 Å². The Hall–Kier alpha value is -2.60. The third kappa shape index (κ3) is 2.48. The first-order chi connectivity index (χ1) is 10.5. The van der Waals surface area contributed by atoms with Crippen molar-refractivity contribution in [3.63, 3.8) is 0 Å². The molecule has 112 valence electrons. The summed E-state index contributed by atoms with van der Waals surface area (Å²) in [6.45, 7) is 3.71. The Morgan fingerprint density at radius 2 is 1.86 bits per heavy atom. The van der Waals surface area contributed by atoms with Crippen molar-refractivity contribution in [2.24, 2.45) is 0 Å². The normalized spacial score (nSPS) is 10.9. The molecule has 0 aliphatic heterocycles. The number of H-pyrrole nitrogens is 1. The van der Waals surface area contributed by atoms with Gasteiger partial charge in [-0.15, -0.1) is 0 Å². The van der Waals surface area contributed by atoms with Crippen molar-refractivity contribution in [2.75, 3.05) is 5.73 Å². The van der Waals surface area contributed by atoms with Crippen LogP contribution in [0.3, 0.4) is 0 Å². The number of halogens is 1. The first-order valence-corrected chi connectivity index (χ1v) is 7.02. The summed E-state index contributed by atoms with van der Waals surface area (Å²) in [6, 6.07) is 8.81. The second-order valence-corrected chi connectivity index (χ2v) is 5.43. The highest BCUT2D eigenvalue weighted by molar-refractivity contribution is 6.30. The van der Waals surface area contributed by atoms with E-state index < -0.39 is 0 Å². The smallest absolute Gasteiger partial charge is 0.274 e. The molecule has 2 heterocycles. The summed E-state index contributed by atoms with van der Waals surface area (Å²) in [4.78, 5) is 20.9. The number of nitrogens with two attached hydrogens (primary N) is 1. The molecule has 0 aliphatic carbocycles. The third-order valence-corrected chi connectivity index (χ3v) is 3.46. The van der Waals surface area contributed by atoms with E-state index in [1.165, 1.54) is 4.68 Å². The molecule has 0 aliphatic rings. The highest BCUT2D eigenvalue weighted by Gasteiger charge is 2.17. The van der Waals surface area contributed by atoms with Crippen LogP contribution >= 0.6 is 11.6 Å². The van der Waals surface area contributed by atoms with E-state index in [-0.39, 0.29) is 11.4 Å². The van der Waals surface area contributed by atoms with Crippen molar-refractivity contribution in [1.82, 2.24) is 19.7 Å². The molecule has 2 aromatic heterocycles. The Morgan fingerprint density at radius 1 is 1.18 bits per heavy atom. The van der Waals surface area contributed by atoms with Crippen LogP contribution in [0.4, 0.5) is 5.82 Å². The number of aryl methyl sites for hydroxylation is 2. The summed E-state index contributed by atoms with van der Waals surface area (Å²) in [5, 5.41) is 3.20. The van der Waals surface area contributed by atoms with Crippen LogP contribution in [0, 0.1) is 13.8 Å². The Morgan fingerprint density at radius 3 is 2.50 bits per heavy atom. The van der Waals surface area contributed by atoms with Crippen LogP contribution in [0.2, 0.25) is 5.02 Å². The maximum Gasteiger partial charge on any atom is 0.274 e. The molecule has 0 saturated heterocycles. The van der Waals surface area contributed by atoms with Crippen LogP contribution in [-0.4, -0.2) is 19.7 Å². The molecule has 7 heteroatoms. The predicted molar refractivity (Wildman–Crippen MR) is 86.3 cm³/mol. The zero-order chi connectivity index (χ0) is 15.9. The minimum absolute atomic E-state index is 0.247. The minimum atomic E-state index is -0.317. The van der Waals surface area contributed by atoms with Crippen molar-refractivity contribution >= 4 is 17.4 Å². The van der Waals surface area contributed by atoms with Gasteiger partial charge in [0, 0.05) is 16.4 Å². The Kier molecular flexibility index (Phi) is 3.46. The average Bonchev–Trinajstić information content (AvgIpc) is 2.73. The number of hydrogen-bond acceptors (Lipinski definition) is 4. The summed E-state index contributed by atoms with van der Waals surface area (Å²) >= 11 is 5.98. The van der Waals surface area contributed by atoms with Crippen molar-refractivity contribution in [1.29, 1.82) is 0 Å². The number of aromatic nitrogens is 4. The zero-order valence-electron chi connectivity index (χ0n) is 12.1. The van der Waals surface area contributed by atoms with E-state index in [0.29, 0.717) is 22.1 Å². The molecule has 22 heavy (non-hydrogen) atoms. The lowest BCUT2D eigenvalue weighted by atomic mass is 10.1. The van der Waals surface area contributed by atoms with Crippen LogP contribution in [0.25, 0.3) is 17.1 Å². The Labute approximate surface area is 131 Å². The van der Waals surface area contributed by atoms with Gasteiger partial charge in [0.15, 0.2) is 0 Å². The van der Waals surface area contributed by atoms with Gasteiger partial charge in [-0.2, -0.15) is 0 Å². The predicted octanol–water partition coefficient (Wildman–Crippen LogP) is 2.48. The third-order valence-electron chi connectivity index (χ3n) is 3.22. The number of anilines is 1. The summed E-state index contributed by atoms with van der Waals surface area (Å²) in [5.41, 5.74) is 8.39. The molecule has 0 fully saturated rings. The van der Waals surface area contributed by atoms with E-state index in [0.717, 1.165) is 11.4 Å². The van der Waals surface area contributed by atoms with E-state index in [1.807, 2.05) is 19.9 Å². The van der Waals surface area contributed by atoms with Gasteiger partial charge in [-0.05, 0) is 37.6 Å². The standard InChI is InChI=1S/C15H14ClN5O/c1-8-6-9(2)19-15(18-8)21-13(17)12(14(22)20-21)10-4-3-5-11(16)7-10/h3-7H,17H2,1-2H3,(H,20,22). The molecule has 6 nitrogen and oxygen atoms in total. The van der Waals surface area contributed by atoms with Gasteiger partial charge in [-0.1, -0.05) is 23.7 Å². The van der Waals surface area contributed by atoms with Gasteiger partial charge in [0.1, 0.15) is 5.82 Å². The van der Waals surface area contributed by atoms with Gasteiger partial charge in [0.2, 0.25) is 0 Å². The lowest BCUT2D eigenvalue weighted by molar-refractivity contribution is 0.792. The second-order valence-electron chi connectivity index (χ2n) is 5.00. The Bertz CT molecular complexity index is 892. The van der Waals surface area contributed by atoms with E-state index in [9.17, 15) is 4.79 Å². The maximum absolute atomic E-state index is 12.3. The molecule has 3 rings (SSSR count). The lowest BCUT2D eigenvalue weighted by Crippen LogP contribution is -2.10. The van der Waals surface area contributed by atoms with E-state index in [1.54, 1.807) is 24.3 Å². The van der Waals surface area contributed by atoms with Crippen LogP contribution in [0.15, 0.2) is 35.1 Å². The fourth-order valence-corrected chi connectivity index (χ4v) is 2.52. The number of nitrogens with zero attached hydrogens (tertiary/aromatic N) is 3. The topological polar surface area (TPSA) is 89.6 Å². The van der Waals surface area contributed by atoms with Crippen LogP contribution in [0.1, 0.15) is 11.4 Å². The number of rotatable bonds is 2. The maximum atomic E-state index is 12.3. The largest absolute Gasteiger partial charge is 0.383 e. The van der Waals surface area contributed by atoms with Crippen molar-refractivity contribution < 1.29 is 0 Å². The van der Waals surface area contributed by atoms with E-state index >= 15 is 0 Å². The molecule has 0 saturated carbocycles. The molecule has 1 aromatic carbocycles. The number of hydrogen-bond donors (Lipinski definition) is 2. The highest BCUT2D eigenvalue weighted by Crippen LogP contribution is 2.25. The van der Waals surface area contributed by atoms with Crippen LogP contribution in [-0.2, 0) is 0 Å². The molecule has 3 N–H and O–H groups in total. The summed E-state index contributed by atoms with van der Waals surface area (Å²) in [7, 11) is 0. The molecule has 0 amide bonds. The molecule has 0 unspecified atom stereocenters. The summed E-state index contributed by atoms with van der Waals surface area (Å²) in [5.74, 6) is 0.581. The minimum Gasteiger partial charge on any atom is -0.383 e. The monoisotopic (exact) mass is 315 g/mol. The van der Waals surface area contributed by atoms with Gasteiger partial charge >= 0.3 is 0 Å². The molecular weight excluding hydrogens is 302 g/mol. The molecule has 0 bridgehead atoms. The van der Waals surface area contributed by atoms with Crippen LogP contribution in [0.5, 0.6) is 0 Å². The molecule has 0 atom stereocenters. The zero-order valence-corrected chi connectivity index (χ0v) is 12.8. The van der Waals surface area contributed by atoms with Crippen molar-refractivity contribution in [3.8, 4) is 17.1 Å². The van der Waals surface area contributed by atoms with Crippen molar-refractivity contribution in [3.05, 3.63) is 57.1 Å². The number of aromatic amines is 1. The SMILES string of the molecule is Cc1cc(C)nc(-n2[nH]c(=O)c(-c3cccc(Cl)c3)c2N)n1. The van der Waals surface area contributed by atoms with Crippen molar-refractivity contribution in [2.45, 2.75) is 13.8 Å². The van der Waals surface area contributed by atoms with Gasteiger partial charge in [0.25, 0.3) is 11.5 Å². The quantitative estimate of drug-likeness (QED) is 0.760. The first kappa shape index (κ1) is 14.3. The van der Waals surface area contributed by atoms with E-state index in [2.05, 4.69) is 15.1 Å². The Balaban J connectivity index is 2.21. The molecule has 3 aromatic rings.